The van der Waals surface area contributed by atoms with Crippen LogP contribution < -0.4 is 4.90 Å². The fraction of sp³-hybridized carbons (Fsp3) is 0. The molecule has 3 aromatic heterocycles. The Kier molecular flexibility index (Phi) is 8.18. The van der Waals surface area contributed by atoms with E-state index in [1.165, 1.54) is 27.4 Å². The maximum absolute atomic E-state index is 6.42. The minimum absolute atomic E-state index is 0.902. The van der Waals surface area contributed by atoms with Crippen LogP contribution in [0.15, 0.2) is 239 Å². The number of nitrogens with zero attached hydrogens (tertiary/aromatic N) is 2. The lowest BCUT2D eigenvalue weighted by atomic mass is 10.0. The summed E-state index contributed by atoms with van der Waals surface area (Å²) in [6, 6.07) is 82.1. The van der Waals surface area contributed by atoms with Crippen molar-refractivity contribution in [2.24, 2.45) is 0 Å². The van der Waals surface area contributed by atoms with E-state index in [4.69, 9.17) is 8.83 Å². The summed E-state index contributed by atoms with van der Waals surface area (Å²) in [7, 11) is 0. The summed E-state index contributed by atoms with van der Waals surface area (Å²) in [5.74, 6) is 0. The van der Waals surface area contributed by atoms with Gasteiger partial charge in [0.25, 0.3) is 0 Å². The molecule has 64 heavy (non-hydrogen) atoms. The number of hydrogen-bond donors (Lipinski definition) is 0. The Morgan fingerprint density at radius 2 is 0.812 bits per heavy atom. The van der Waals surface area contributed by atoms with Crippen molar-refractivity contribution >= 4 is 82.7 Å². The monoisotopic (exact) mass is 818 g/mol. The molecule has 0 atom stereocenters. The smallest absolute Gasteiger partial charge is 0.143 e. The van der Waals surface area contributed by atoms with Crippen LogP contribution in [0.3, 0.4) is 0 Å². The third-order valence-corrected chi connectivity index (χ3v) is 12.8. The zero-order valence-electron chi connectivity index (χ0n) is 34.7. The second kappa shape index (κ2) is 14.5. The van der Waals surface area contributed by atoms with Gasteiger partial charge in [0.1, 0.15) is 22.3 Å². The Bertz CT molecular complexity index is 3860. The first-order valence-corrected chi connectivity index (χ1v) is 21.7. The van der Waals surface area contributed by atoms with Crippen molar-refractivity contribution in [3.8, 4) is 39.1 Å². The van der Waals surface area contributed by atoms with Crippen LogP contribution in [0.25, 0.3) is 105 Å². The average Bonchev–Trinajstić information content (AvgIpc) is 4.05. The Balaban J connectivity index is 0.861. The molecule has 0 saturated carbocycles. The van der Waals surface area contributed by atoms with Gasteiger partial charge >= 0.3 is 0 Å². The molecule has 4 nitrogen and oxygen atoms in total. The molecule has 0 saturated heterocycles. The molecule has 0 aliphatic rings. The molecular formula is C60H38N2O2. The van der Waals surface area contributed by atoms with Gasteiger partial charge in [-0.1, -0.05) is 152 Å². The van der Waals surface area contributed by atoms with Gasteiger partial charge in [0, 0.05) is 60.6 Å². The van der Waals surface area contributed by atoms with E-state index < -0.39 is 0 Å². The first-order valence-electron chi connectivity index (χ1n) is 21.7. The van der Waals surface area contributed by atoms with Gasteiger partial charge in [0.15, 0.2) is 0 Å². The van der Waals surface area contributed by atoms with Crippen LogP contribution in [0, 0.1) is 0 Å². The molecule has 0 amide bonds. The summed E-state index contributed by atoms with van der Waals surface area (Å²) in [6.45, 7) is 0. The van der Waals surface area contributed by atoms with Crippen LogP contribution >= 0.6 is 0 Å². The SMILES string of the molecule is c1ccc(-c2ccc(N(c3ccc(-c4ccc(-n5c6ccccc6c6c7c(ccc65)oc5ccccc57)cc4)cc3)c3ccc(-c4cccc5c4oc4ccccc45)cc3)cc2)cc1. The van der Waals surface area contributed by atoms with Crippen LogP contribution in [0.4, 0.5) is 17.1 Å². The highest BCUT2D eigenvalue weighted by atomic mass is 16.3. The molecular weight excluding hydrogens is 781 g/mol. The zero-order valence-corrected chi connectivity index (χ0v) is 34.7. The highest BCUT2D eigenvalue weighted by molar-refractivity contribution is 6.27. The molecule has 0 fully saturated rings. The highest BCUT2D eigenvalue weighted by Crippen LogP contribution is 2.43. The fourth-order valence-electron chi connectivity index (χ4n) is 9.80. The normalized spacial score (nSPS) is 11.8. The van der Waals surface area contributed by atoms with E-state index in [-0.39, 0.29) is 0 Å². The largest absolute Gasteiger partial charge is 0.456 e. The molecule has 0 radical (unpaired) electrons. The van der Waals surface area contributed by atoms with Crippen LogP contribution in [-0.2, 0) is 0 Å². The molecule has 0 unspecified atom stereocenters. The minimum atomic E-state index is 0.902. The summed E-state index contributed by atoms with van der Waals surface area (Å²) in [6.07, 6.45) is 0. The van der Waals surface area contributed by atoms with E-state index >= 15 is 0 Å². The molecule has 300 valence electrons. The molecule has 0 bridgehead atoms. The number of aromatic nitrogens is 1. The van der Waals surface area contributed by atoms with Gasteiger partial charge < -0.3 is 18.3 Å². The molecule has 0 N–H and O–H groups in total. The van der Waals surface area contributed by atoms with Gasteiger partial charge in [-0.05, 0) is 107 Å². The predicted molar refractivity (Wildman–Crippen MR) is 266 cm³/mol. The van der Waals surface area contributed by atoms with Crippen LogP contribution in [0.2, 0.25) is 0 Å². The summed E-state index contributed by atoms with van der Waals surface area (Å²) < 4.78 is 15.1. The van der Waals surface area contributed by atoms with Crippen molar-refractivity contribution in [3.05, 3.63) is 231 Å². The highest BCUT2D eigenvalue weighted by Gasteiger charge is 2.20. The van der Waals surface area contributed by atoms with Gasteiger partial charge in [-0.3, -0.25) is 0 Å². The summed E-state index contributed by atoms with van der Waals surface area (Å²) in [5, 5.41) is 7.00. The molecule has 0 spiro atoms. The van der Waals surface area contributed by atoms with E-state index in [1.807, 2.05) is 18.2 Å². The number of hydrogen-bond acceptors (Lipinski definition) is 3. The van der Waals surface area contributed by atoms with Crippen molar-refractivity contribution in [1.82, 2.24) is 4.57 Å². The number of fused-ring (bicyclic) bond motifs is 10. The van der Waals surface area contributed by atoms with Crippen molar-refractivity contribution in [2.75, 3.05) is 4.90 Å². The van der Waals surface area contributed by atoms with E-state index in [2.05, 4.69) is 222 Å². The standard InChI is InChI=1S/C60H38N2O2/c1-2-11-39(12-3-1)40-21-29-44(30-22-40)61(46-35-27-43(28-36-46)48-16-10-17-50-49-13-5-8-19-55(49)64-60(48)50)45-31-23-41(24-32-45)42-25-33-47(34-26-42)62-53-18-7-4-14-51(53)58-54(62)37-38-57-59(58)52-15-6-9-20-56(52)63-57/h1-38H. The van der Waals surface area contributed by atoms with Crippen molar-refractivity contribution in [1.29, 1.82) is 0 Å². The Hall–Kier alpha value is -8.60. The minimum Gasteiger partial charge on any atom is -0.456 e. The number of rotatable bonds is 7. The summed E-state index contributed by atoms with van der Waals surface area (Å²) in [4.78, 5) is 2.33. The maximum Gasteiger partial charge on any atom is 0.143 e. The molecule has 13 rings (SSSR count). The van der Waals surface area contributed by atoms with Crippen LogP contribution in [0.1, 0.15) is 0 Å². The lowest BCUT2D eigenvalue weighted by molar-refractivity contribution is 0.669. The predicted octanol–water partition coefficient (Wildman–Crippen LogP) is 17.1. The third-order valence-electron chi connectivity index (χ3n) is 12.8. The van der Waals surface area contributed by atoms with Crippen LogP contribution in [-0.4, -0.2) is 4.57 Å². The Morgan fingerprint density at radius 1 is 0.297 bits per heavy atom. The average molecular weight is 819 g/mol. The van der Waals surface area contributed by atoms with Gasteiger partial charge in [-0.25, -0.2) is 0 Å². The van der Waals surface area contributed by atoms with E-state index in [0.29, 0.717) is 0 Å². The van der Waals surface area contributed by atoms with Gasteiger partial charge in [0.05, 0.1) is 11.0 Å². The van der Waals surface area contributed by atoms with Gasteiger partial charge in [0.2, 0.25) is 0 Å². The van der Waals surface area contributed by atoms with Crippen molar-refractivity contribution in [3.63, 3.8) is 0 Å². The van der Waals surface area contributed by atoms with E-state index in [0.717, 1.165) is 94.4 Å². The first-order chi connectivity index (χ1) is 31.7. The number of para-hydroxylation sites is 4. The number of anilines is 3. The second-order valence-corrected chi connectivity index (χ2v) is 16.5. The van der Waals surface area contributed by atoms with Crippen LogP contribution in [0.5, 0.6) is 0 Å². The van der Waals surface area contributed by atoms with Gasteiger partial charge in [-0.15, -0.1) is 0 Å². The number of benzene rings is 10. The van der Waals surface area contributed by atoms with E-state index in [9.17, 15) is 0 Å². The van der Waals surface area contributed by atoms with Crippen molar-refractivity contribution < 1.29 is 8.83 Å². The Labute approximate surface area is 369 Å². The molecule has 0 aliphatic heterocycles. The van der Waals surface area contributed by atoms with E-state index in [1.54, 1.807) is 0 Å². The lowest BCUT2D eigenvalue weighted by Gasteiger charge is -2.26. The summed E-state index contributed by atoms with van der Waals surface area (Å²) >= 11 is 0. The molecule has 3 heterocycles. The molecule has 4 heteroatoms. The fourth-order valence-corrected chi connectivity index (χ4v) is 9.80. The second-order valence-electron chi connectivity index (χ2n) is 16.5. The lowest BCUT2D eigenvalue weighted by Crippen LogP contribution is -2.09. The maximum atomic E-state index is 6.42. The summed E-state index contributed by atoms with van der Waals surface area (Å²) in [5.41, 5.74) is 17.2. The molecule has 10 aromatic carbocycles. The Morgan fingerprint density at radius 3 is 1.48 bits per heavy atom. The first kappa shape index (κ1) is 36.1. The third kappa shape index (κ3) is 5.77. The molecule has 0 aliphatic carbocycles. The quantitative estimate of drug-likeness (QED) is 0.161. The topological polar surface area (TPSA) is 34.5 Å². The van der Waals surface area contributed by atoms with Crippen molar-refractivity contribution in [2.45, 2.75) is 0 Å². The number of furan rings is 2. The zero-order chi connectivity index (χ0) is 42.1. The molecule has 13 aromatic rings. The van der Waals surface area contributed by atoms with Gasteiger partial charge in [-0.2, -0.15) is 0 Å².